The lowest BCUT2D eigenvalue weighted by atomic mass is 9.75. The Morgan fingerprint density at radius 3 is 2.20 bits per heavy atom. The third-order valence-electron chi connectivity index (χ3n) is 4.14. The van der Waals surface area contributed by atoms with Crippen LogP contribution in [0.2, 0.25) is 0 Å². The molecule has 1 aliphatic heterocycles. The summed E-state index contributed by atoms with van der Waals surface area (Å²) in [6.07, 6.45) is 4.08. The molecule has 0 bridgehead atoms. The zero-order valence-electron chi connectivity index (χ0n) is 10.3. The van der Waals surface area contributed by atoms with Crippen LogP contribution < -0.4 is 5.32 Å². The summed E-state index contributed by atoms with van der Waals surface area (Å²) in [7, 11) is 4.41. The van der Waals surface area contributed by atoms with Crippen LogP contribution in [0.15, 0.2) is 0 Å². The first-order valence-electron chi connectivity index (χ1n) is 6.02. The maximum atomic E-state index is 5.26. The van der Waals surface area contributed by atoms with Crippen molar-refractivity contribution < 1.29 is 4.74 Å². The Bertz CT molecular complexity index is 220. The molecule has 1 aliphatic carbocycles. The normalized spacial score (nSPS) is 27.2. The summed E-state index contributed by atoms with van der Waals surface area (Å²) in [5, 5.41) is 3.63. The van der Waals surface area contributed by atoms with Gasteiger partial charge in [-0.3, -0.25) is 0 Å². The second-order valence-corrected chi connectivity index (χ2v) is 5.88. The molecule has 0 aromatic heterocycles. The first kappa shape index (κ1) is 11.4. The molecule has 1 N–H and O–H groups in total. The molecule has 88 valence electrons. The van der Waals surface area contributed by atoms with Crippen LogP contribution >= 0.6 is 0 Å². The van der Waals surface area contributed by atoms with Gasteiger partial charge in [-0.15, -0.1) is 0 Å². The number of hydrogen-bond donors (Lipinski definition) is 1. The Labute approximate surface area is 93.2 Å². The fourth-order valence-corrected chi connectivity index (χ4v) is 2.52. The predicted molar refractivity (Wildman–Crippen MR) is 62.1 cm³/mol. The predicted octanol–water partition coefficient (Wildman–Crippen LogP) is 1.10. The molecule has 1 heterocycles. The third-order valence-corrected chi connectivity index (χ3v) is 4.14. The van der Waals surface area contributed by atoms with E-state index >= 15 is 0 Å². The van der Waals surface area contributed by atoms with E-state index in [1.807, 2.05) is 0 Å². The molecular formula is C12H24N2O. The number of nitrogens with zero attached hydrogens (tertiary/aromatic N) is 1. The summed E-state index contributed by atoms with van der Waals surface area (Å²) in [5.74, 6) is 0. The van der Waals surface area contributed by atoms with Crippen molar-refractivity contribution in [3.8, 4) is 0 Å². The van der Waals surface area contributed by atoms with Gasteiger partial charge in [-0.25, -0.2) is 0 Å². The molecule has 0 amide bonds. The van der Waals surface area contributed by atoms with Crippen LogP contribution in [0.5, 0.6) is 0 Å². The van der Waals surface area contributed by atoms with E-state index in [-0.39, 0.29) is 0 Å². The van der Waals surface area contributed by atoms with Crippen molar-refractivity contribution in [1.82, 2.24) is 10.2 Å². The van der Waals surface area contributed by atoms with E-state index in [1.54, 1.807) is 0 Å². The second kappa shape index (κ2) is 4.04. The van der Waals surface area contributed by atoms with Crippen molar-refractivity contribution in [2.24, 2.45) is 5.41 Å². The lowest BCUT2D eigenvalue weighted by molar-refractivity contribution is -0.101. The second-order valence-electron chi connectivity index (χ2n) is 5.88. The zero-order valence-corrected chi connectivity index (χ0v) is 10.3. The molecule has 0 aromatic carbocycles. The smallest absolute Gasteiger partial charge is 0.0554 e. The lowest BCUT2D eigenvalue weighted by Crippen LogP contribution is -2.58. The SMILES string of the molecule is CN(C)C1(CNCC2(C)COC2)CCC1. The highest BCUT2D eigenvalue weighted by Crippen LogP contribution is 2.35. The zero-order chi connectivity index (χ0) is 10.9. The number of ether oxygens (including phenoxy) is 1. The first-order chi connectivity index (χ1) is 7.06. The van der Waals surface area contributed by atoms with Gasteiger partial charge in [0.05, 0.1) is 13.2 Å². The Morgan fingerprint density at radius 1 is 1.20 bits per heavy atom. The van der Waals surface area contributed by atoms with E-state index in [4.69, 9.17) is 4.74 Å². The van der Waals surface area contributed by atoms with Crippen LogP contribution in [0.3, 0.4) is 0 Å². The summed E-state index contributed by atoms with van der Waals surface area (Å²) < 4.78 is 5.26. The third kappa shape index (κ3) is 2.19. The van der Waals surface area contributed by atoms with E-state index in [1.165, 1.54) is 19.3 Å². The lowest BCUT2D eigenvalue weighted by Gasteiger charge is -2.48. The Kier molecular flexibility index (Phi) is 3.06. The van der Waals surface area contributed by atoms with Gasteiger partial charge in [-0.1, -0.05) is 6.92 Å². The molecule has 0 atom stereocenters. The molecule has 2 aliphatic rings. The minimum absolute atomic E-state index is 0.400. The van der Waals surface area contributed by atoms with Crippen LogP contribution in [0, 0.1) is 5.41 Å². The molecule has 2 fully saturated rings. The molecule has 1 saturated carbocycles. The Morgan fingerprint density at radius 2 is 1.87 bits per heavy atom. The minimum Gasteiger partial charge on any atom is -0.380 e. The number of nitrogens with one attached hydrogen (secondary N) is 1. The van der Waals surface area contributed by atoms with Crippen molar-refractivity contribution in [3.05, 3.63) is 0 Å². The average Bonchev–Trinajstić information content (AvgIpc) is 2.05. The molecule has 3 heteroatoms. The summed E-state index contributed by atoms with van der Waals surface area (Å²) in [5.41, 5.74) is 0.845. The Balaban J connectivity index is 1.72. The van der Waals surface area contributed by atoms with E-state index in [0.717, 1.165) is 26.3 Å². The quantitative estimate of drug-likeness (QED) is 0.738. The monoisotopic (exact) mass is 212 g/mol. The minimum atomic E-state index is 0.400. The molecule has 3 nitrogen and oxygen atoms in total. The summed E-state index contributed by atoms with van der Waals surface area (Å²) in [6, 6.07) is 0. The van der Waals surface area contributed by atoms with Gasteiger partial charge in [0.2, 0.25) is 0 Å². The fraction of sp³-hybridized carbons (Fsp3) is 1.00. The average molecular weight is 212 g/mol. The highest BCUT2D eigenvalue weighted by Gasteiger charge is 2.40. The maximum Gasteiger partial charge on any atom is 0.0554 e. The van der Waals surface area contributed by atoms with E-state index in [9.17, 15) is 0 Å². The first-order valence-corrected chi connectivity index (χ1v) is 6.02. The molecule has 0 radical (unpaired) electrons. The van der Waals surface area contributed by atoms with E-state index in [0.29, 0.717) is 11.0 Å². The van der Waals surface area contributed by atoms with Crippen LogP contribution in [-0.2, 0) is 4.74 Å². The van der Waals surface area contributed by atoms with Gasteiger partial charge in [-0.05, 0) is 33.4 Å². The number of hydrogen-bond acceptors (Lipinski definition) is 3. The van der Waals surface area contributed by atoms with Crippen molar-refractivity contribution in [1.29, 1.82) is 0 Å². The molecule has 0 spiro atoms. The number of rotatable bonds is 5. The van der Waals surface area contributed by atoms with Crippen LogP contribution in [0.1, 0.15) is 26.2 Å². The van der Waals surface area contributed by atoms with Gasteiger partial charge in [-0.2, -0.15) is 0 Å². The van der Waals surface area contributed by atoms with Gasteiger partial charge in [0.1, 0.15) is 0 Å². The van der Waals surface area contributed by atoms with Crippen molar-refractivity contribution >= 4 is 0 Å². The summed E-state index contributed by atoms with van der Waals surface area (Å²) >= 11 is 0. The van der Waals surface area contributed by atoms with Crippen molar-refractivity contribution in [2.45, 2.75) is 31.7 Å². The molecule has 15 heavy (non-hydrogen) atoms. The summed E-state index contributed by atoms with van der Waals surface area (Å²) in [6.45, 7) is 6.38. The van der Waals surface area contributed by atoms with E-state index < -0.39 is 0 Å². The van der Waals surface area contributed by atoms with Crippen LogP contribution in [-0.4, -0.2) is 50.8 Å². The fourth-order valence-electron chi connectivity index (χ4n) is 2.52. The largest absolute Gasteiger partial charge is 0.380 e. The molecular weight excluding hydrogens is 188 g/mol. The molecule has 1 saturated heterocycles. The molecule has 0 aromatic rings. The van der Waals surface area contributed by atoms with Gasteiger partial charge in [0, 0.05) is 24.0 Å². The molecule has 2 rings (SSSR count). The van der Waals surface area contributed by atoms with Crippen LogP contribution in [0.25, 0.3) is 0 Å². The van der Waals surface area contributed by atoms with E-state index in [2.05, 4.69) is 31.2 Å². The van der Waals surface area contributed by atoms with Gasteiger partial charge in [0.25, 0.3) is 0 Å². The van der Waals surface area contributed by atoms with Gasteiger partial charge < -0.3 is 15.0 Å². The standard InChI is InChI=1S/C12H24N2O/c1-11(9-15-10-11)7-13-8-12(14(2)3)5-4-6-12/h13H,4-10H2,1-3H3. The molecule has 0 unspecified atom stereocenters. The highest BCUT2D eigenvalue weighted by atomic mass is 16.5. The van der Waals surface area contributed by atoms with Crippen molar-refractivity contribution in [3.63, 3.8) is 0 Å². The van der Waals surface area contributed by atoms with Crippen LogP contribution in [0.4, 0.5) is 0 Å². The summed E-state index contributed by atoms with van der Waals surface area (Å²) in [4.78, 5) is 2.39. The number of likely N-dealkylation sites (N-methyl/N-ethyl adjacent to an activating group) is 1. The van der Waals surface area contributed by atoms with Gasteiger partial charge >= 0.3 is 0 Å². The highest BCUT2D eigenvalue weighted by molar-refractivity contribution is 4.98. The topological polar surface area (TPSA) is 24.5 Å². The van der Waals surface area contributed by atoms with Gasteiger partial charge in [0.15, 0.2) is 0 Å². The van der Waals surface area contributed by atoms with Crippen molar-refractivity contribution in [2.75, 3.05) is 40.4 Å². The Hall–Kier alpha value is -0.120. The maximum absolute atomic E-state index is 5.26.